The zero-order valence-electron chi connectivity index (χ0n) is 9.33. The molecule has 1 aliphatic heterocycles. The topological polar surface area (TPSA) is 77.3 Å². The van der Waals surface area contributed by atoms with E-state index in [0.717, 1.165) is 6.07 Å². The van der Waals surface area contributed by atoms with E-state index in [1.807, 2.05) is 0 Å². The Balaban J connectivity index is 2.37. The highest BCUT2D eigenvalue weighted by atomic mass is 79.9. The second-order valence-electron chi connectivity index (χ2n) is 4.08. The molecule has 3 rings (SSSR count). The highest BCUT2D eigenvalue weighted by Crippen LogP contribution is 2.45. The van der Waals surface area contributed by atoms with Gasteiger partial charge in [-0.3, -0.25) is 10.1 Å². The Bertz CT molecular complexity index is 830. The minimum absolute atomic E-state index is 0.00481. The number of hydrogen-bond donors (Lipinski definition) is 0. The molecule has 19 heavy (non-hydrogen) atoms. The van der Waals surface area contributed by atoms with Crippen LogP contribution in [-0.2, 0) is 9.84 Å². The molecule has 7 heteroatoms. The SMILES string of the molecule is O=[N+]([O-])c1ccc2c(c1)S(=O)(=O)c1cc(Br)ccc1-2. The number of halogens is 1. The lowest BCUT2D eigenvalue weighted by molar-refractivity contribution is -0.385. The summed E-state index contributed by atoms with van der Waals surface area (Å²) in [6.45, 7) is 0. The number of nitro benzene ring substituents is 1. The molecule has 1 heterocycles. The molecule has 0 aromatic heterocycles. The van der Waals surface area contributed by atoms with E-state index in [4.69, 9.17) is 0 Å². The third kappa shape index (κ3) is 1.69. The van der Waals surface area contributed by atoms with Crippen LogP contribution in [-0.4, -0.2) is 13.3 Å². The zero-order chi connectivity index (χ0) is 13.8. The van der Waals surface area contributed by atoms with Gasteiger partial charge in [0.25, 0.3) is 5.69 Å². The van der Waals surface area contributed by atoms with Crippen molar-refractivity contribution in [2.24, 2.45) is 0 Å². The normalized spacial score (nSPS) is 14.8. The third-order valence-electron chi connectivity index (χ3n) is 2.99. The predicted octanol–water partition coefficient (Wildman–Crippen LogP) is 3.17. The number of sulfone groups is 1. The quantitative estimate of drug-likeness (QED) is 0.504. The second-order valence-corrected chi connectivity index (χ2v) is 6.88. The van der Waals surface area contributed by atoms with Gasteiger partial charge in [-0.05, 0) is 18.2 Å². The first-order valence-corrected chi connectivity index (χ1v) is 7.52. The average Bonchev–Trinajstić information content (AvgIpc) is 2.58. The maximum absolute atomic E-state index is 12.4. The first-order valence-electron chi connectivity index (χ1n) is 5.25. The zero-order valence-corrected chi connectivity index (χ0v) is 11.7. The lowest BCUT2D eigenvalue weighted by atomic mass is 10.1. The molecule has 5 nitrogen and oxygen atoms in total. The molecule has 96 valence electrons. The second kappa shape index (κ2) is 3.88. The largest absolute Gasteiger partial charge is 0.270 e. The van der Waals surface area contributed by atoms with Crippen LogP contribution < -0.4 is 0 Å². The van der Waals surface area contributed by atoms with Crippen molar-refractivity contribution in [2.45, 2.75) is 9.79 Å². The molecule has 0 aliphatic carbocycles. The monoisotopic (exact) mass is 339 g/mol. The minimum Gasteiger partial charge on any atom is -0.258 e. The molecule has 2 aromatic rings. The molecule has 0 fully saturated rings. The first kappa shape index (κ1) is 12.3. The summed E-state index contributed by atoms with van der Waals surface area (Å²) in [5, 5.41) is 10.7. The number of nitrogens with zero attached hydrogens (tertiary/aromatic N) is 1. The number of rotatable bonds is 1. The molecule has 0 saturated heterocycles. The van der Waals surface area contributed by atoms with Crippen molar-refractivity contribution in [1.82, 2.24) is 0 Å². The average molecular weight is 340 g/mol. The Morgan fingerprint density at radius 2 is 1.58 bits per heavy atom. The summed E-state index contributed by atoms with van der Waals surface area (Å²) in [6.07, 6.45) is 0. The molecular formula is C12H6BrNO4S. The van der Waals surface area contributed by atoms with Crippen LogP contribution in [0.2, 0.25) is 0 Å². The maximum Gasteiger partial charge on any atom is 0.270 e. The molecule has 2 aromatic carbocycles. The Kier molecular flexibility index (Phi) is 2.51. The van der Waals surface area contributed by atoms with Gasteiger partial charge >= 0.3 is 0 Å². The number of benzene rings is 2. The van der Waals surface area contributed by atoms with Crippen molar-refractivity contribution >= 4 is 31.5 Å². The minimum atomic E-state index is -3.68. The van der Waals surface area contributed by atoms with E-state index in [1.54, 1.807) is 12.1 Å². The van der Waals surface area contributed by atoms with Gasteiger partial charge in [-0.1, -0.05) is 22.0 Å². The molecule has 1 aliphatic rings. The highest BCUT2D eigenvalue weighted by Gasteiger charge is 2.34. The van der Waals surface area contributed by atoms with Crippen LogP contribution in [0.5, 0.6) is 0 Å². The summed E-state index contributed by atoms with van der Waals surface area (Å²) < 4.78 is 25.4. The van der Waals surface area contributed by atoms with E-state index in [2.05, 4.69) is 15.9 Å². The van der Waals surface area contributed by atoms with Crippen LogP contribution in [0.3, 0.4) is 0 Å². The molecule has 0 amide bonds. The van der Waals surface area contributed by atoms with Crippen LogP contribution in [0.15, 0.2) is 50.7 Å². The number of non-ortho nitro benzene ring substituents is 1. The van der Waals surface area contributed by atoms with E-state index in [9.17, 15) is 18.5 Å². The van der Waals surface area contributed by atoms with Gasteiger partial charge in [-0.25, -0.2) is 8.42 Å². The maximum atomic E-state index is 12.4. The van der Waals surface area contributed by atoms with Crippen LogP contribution in [0.1, 0.15) is 0 Å². The fraction of sp³-hybridized carbons (Fsp3) is 0. The molecule has 0 saturated carbocycles. The van der Waals surface area contributed by atoms with Crippen LogP contribution >= 0.6 is 15.9 Å². The van der Waals surface area contributed by atoms with E-state index in [0.29, 0.717) is 15.6 Å². The van der Waals surface area contributed by atoms with Crippen molar-refractivity contribution in [1.29, 1.82) is 0 Å². The van der Waals surface area contributed by atoms with Crippen molar-refractivity contribution in [3.05, 3.63) is 51.0 Å². The smallest absolute Gasteiger partial charge is 0.258 e. The van der Waals surface area contributed by atoms with E-state index in [1.165, 1.54) is 18.2 Å². The van der Waals surface area contributed by atoms with Gasteiger partial charge in [0, 0.05) is 27.7 Å². The summed E-state index contributed by atoms with van der Waals surface area (Å²) in [4.78, 5) is 10.3. The number of nitro groups is 1. The molecule has 0 atom stereocenters. The standard InChI is InChI=1S/C12H6BrNO4S/c13-7-1-3-9-10-4-2-8(14(15)16)6-12(10)19(17,18)11(9)5-7/h1-6H. The summed E-state index contributed by atoms with van der Waals surface area (Å²) in [7, 11) is -3.68. The number of fused-ring (bicyclic) bond motifs is 3. The fourth-order valence-corrected chi connectivity index (χ4v) is 4.37. The predicted molar refractivity (Wildman–Crippen MR) is 71.7 cm³/mol. The summed E-state index contributed by atoms with van der Waals surface area (Å²) >= 11 is 3.23. The van der Waals surface area contributed by atoms with Gasteiger partial charge in [0.15, 0.2) is 0 Å². The van der Waals surface area contributed by atoms with Gasteiger partial charge in [-0.2, -0.15) is 0 Å². The summed E-state index contributed by atoms with van der Waals surface area (Å²) in [5.41, 5.74) is 0.857. The lowest BCUT2D eigenvalue weighted by Crippen LogP contribution is -1.97. The van der Waals surface area contributed by atoms with Gasteiger partial charge in [0.2, 0.25) is 9.84 Å². The Hall–Kier alpha value is -1.73. The van der Waals surface area contributed by atoms with E-state index in [-0.39, 0.29) is 15.5 Å². The van der Waals surface area contributed by atoms with Gasteiger partial charge in [-0.15, -0.1) is 0 Å². The van der Waals surface area contributed by atoms with Crippen molar-refractivity contribution in [2.75, 3.05) is 0 Å². The Labute approximate surface area is 117 Å². The van der Waals surface area contributed by atoms with Crippen LogP contribution in [0.25, 0.3) is 11.1 Å². The van der Waals surface area contributed by atoms with Crippen molar-refractivity contribution in [3.63, 3.8) is 0 Å². The molecule has 0 unspecified atom stereocenters. The van der Waals surface area contributed by atoms with Gasteiger partial charge in [0.05, 0.1) is 14.7 Å². The van der Waals surface area contributed by atoms with Crippen molar-refractivity contribution in [3.8, 4) is 11.1 Å². The molecule has 0 bridgehead atoms. The van der Waals surface area contributed by atoms with Crippen LogP contribution in [0, 0.1) is 10.1 Å². The Morgan fingerprint density at radius 3 is 2.21 bits per heavy atom. The lowest BCUT2D eigenvalue weighted by Gasteiger charge is -1.98. The van der Waals surface area contributed by atoms with Crippen molar-refractivity contribution < 1.29 is 13.3 Å². The van der Waals surface area contributed by atoms with Gasteiger partial charge < -0.3 is 0 Å². The molecule has 0 N–H and O–H groups in total. The third-order valence-corrected chi connectivity index (χ3v) is 5.32. The number of hydrogen-bond acceptors (Lipinski definition) is 4. The molecular weight excluding hydrogens is 334 g/mol. The molecule has 0 radical (unpaired) electrons. The highest BCUT2D eigenvalue weighted by molar-refractivity contribution is 9.10. The van der Waals surface area contributed by atoms with E-state index >= 15 is 0 Å². The summed E-state index contributed by atoms with van der Waals surface area (Å²) in [6, 6.07) is 8.84. The van der Waals surface area contributed by atoms with Gasteiger partial charge in [0.1, 0.15) is 0 Å². The fourth-order valence-electron chi connectivity index (χ4n) is 2.13. The summed E-state index contributed by atoms with van der Waals surface area (Å²) in [5.74, 6) is 0. The van der Waals surface area contributed by atoms with E-state index < -0.39 is 14.8 Å². The molecule has 0 spiro atoms. The Morgan fingerprint density at radius 1 is 1.00 bits per heavy atom. The van der Waals surface area contributed by atoms with Crippen LogP contribution in [0.4, 0.5) is 5.69 Å². The first-order chi connectivity index (χ1) is 8.91.